The number of pyridine rings is 2. The molecule has 13 heteroatoms. The summed E-state index contributed by atoms with van der Waals surface area (Å²) in [6.07, 6.45) is 20.4. The number of aromatic nitrogens is 4. The Morgan fingerprint density at radius 3 is 1.73 bits per heavy atom. The number of methoxy groups -OCH3 is 2. The van der Waals surface area contributed by atoms with Crippen molar-refractivity contribution in [1.29, 1.82) is 0 Å². The van der Waals surface area contributed by atoms with Crippen molar-refractivity contribution in [3.8, 4) is 0 Å². The van der Waals surface area contributed by atoms with Crippen molar-refractivity contribution >= 4 is 69.7 Å². The molecule has 0 amide bonds. The molecule has 0 spiro atoms. The first-order valence-electron chi connectivity index (χ1n) is 25.0. The predicted molar refractivity (Wildman–Crippen MR) is 274 cm³/mol. The summed E-state index contributed by atoms with van der Waals surface area (Å²) >= 11 is 14.5. The summed E-state index contributed by atoms with van der Waals surface area (Å²) < 4.78 is 11.9. The van der Waals surface area contributed by atoms with Crippen molar-refractivity contribution in [1.82, 2.24) is 19.5 Å². The number of ether oxygens (including phenoxy) is 2. The van der Waals surface area contributed by atoms with Gasteiger partial charge in [-0.1, -0.05) is 41.4 Å². The second-order valence-corrected chi connectivity index (χ2v) is 22.5. The van der Waals surface area contributed by atoms with E-state index >= 15 is 0 Å². The molecule has 8 bridgehead atoms. The number of imidazole rings is 1. The van der Waals surface area contributed by atoms with Gasteiger partial charge in [-0.05, 0) is 206 Å². The molecule has 8 fully saturated rings. The fraction of sp³-hybridized carbons (Fsp3) is 0.421. The molecule has 4 unspecified atom stereocenters. The van der Waals surface area contributed by atoms with E-state index < -0.39 is 11.9 Å². The molecule has 14 rings (SSSR count). The Balaban J connectivity index is 0.714. The Labute approximate surface area is 419 Å². The van der Waals surface area contributed by atoms with Gasteiger partial charge in [-0.25, -0.2) is 24.5 Å². The van der Waals surface area contributed by atoms with Crippen molar-refractivity contribution in [2.45, 2.75) is 81.6 Å². The molecule has 360 valence electrons. The zero-order valence-electron chi connectivity index (χ0n) is 39.9. The lowest BCUT2D eigenvalue weighted by Crippen LogP contribution is -2.61. The third-order valence-corrected chi connectivity index (χ3v) is 18.6. The number of nitrogens with zero attached hydrogens (tertiary/aromatic N) is 5. The molecule has 0 radical (unpaired) electrons. The molecular formula is C57H59Cl2N7O4. The highest BCUT2D eigenvalue weighted by molar-refractivity contribution is 6.33. The molecular weight excluding hydrogens is 918 g/mol. The van der Waals surface area contributed by atoms with Crippen LogP contribution < -0.4 is 15.5 Å². The molecule has 6 aromatic rings. The molecule has 2 N–H and O–H groups in total. The van der Waals surface area contributed by atoms with Gasteiger partial charge in [0.2, 0.25) is 0 Å². The lowest BCUT2D eigenvalue weighted by Gasteiger charge is -2.68. The van der Waals surface area contributed by atoms with Gasteiger partial charge in [0.15, 0.2) is 0 Å². The maximum Gasteiger partial charge on any atom is 0.341 e. The lowest BCUT2D eigenvalue weighted by molar-refractivity contribution is -0.151. The van der Waals surface area contributed by atoms with Crippen molar-refractivity contribution in [2.75, 3.05) is 36.8 Å². The van der Waals surface area contributed by atoms with Crippen molar-refractivity contribution in [2.24, 2.45) is 47.3 Å². The predicted octanol–water partition coefficient (Wildman–Crippen LogP) is 12.9. The van der Waals surface area contributed by atoms with Gasteiger partial charge in [0.25, 0.3) is 0 Å². The summed E-state index contributed by atoms with van der Waals surface area (Å²) in [5.74, 6) is 7.02. The van der Waals surface area contributed by atoms with Gasteiger partial charge in [-0.2, -0.15) is 0 Å². The van der Waals surface area contributed by atoms with Crippen LogP contribution in [0.15, 0.2) is 110 Å². The highest BCUT2D eigenvalue weighted by atomic mass is 35.5. The number of anilines is 6. The van der Waals surface area contributed by atoms with Gasteiger partial charge in [0, 0.05) is 42.0 Å². The van der Waals surface area contributed by atoms with E-state index in [1.165, 1.54) is 89.6 Å². The number of benzene rings is 3. The van der Waals surface area contributed by atoms with Gasteiger partial charge in [0.05, 0.1) is 37.8 Å². The number of hydrogen-bond donors (Lipinski definition) is 2. The summed E-state index contributed by atoms with van der Waals surface area (Å²) in [4.78, 5) is 40.0. The van der Waals surface area contributed by atoms with Crippen molar-refractivity contribution in [3.63, 3.8) is 0 Å². The fourth-order valence-electron chi connectivity index (χ4n) is 15.6. The Morgan fingerprint density at radius 2 is 1.20 bits per heavy atom. The Kier molecular flexibility index (Phi) is 11.5. The van der Waals surface area contributed by atoms with Crippen LogP contribution in [0.5, 0.6) is 0 Å². The minimum absolute atomic E-state index is 0.211. The second kappa shape index (κ2) is 17.7. The molecule has 0 aliphatic heterocycles. The number of carbonyl (C=O) groups is 2. The van der Waals surface area contributed by atoms with Crippen LogP contribution in [-0.2, 0) is 26.8 Å². The normalized spacial score (nSPS) is 28.9. The molecule has 11 nitrogen and oxygen atoms in total. The summed E-state index contributed by atoms with van der Waals surface area (Å²) in [6.45, 7) is 0.590. The molecule has 3 heterocycles. The van der Waals surface area contributed by atoms with E-state index in [9.17, 15) is 9.59 Å². The smallest absolute Gasteiger partial charge is 0.341 e. The topological polar surface area (TPSA) is 124 Å². The molecule has 3 aromatic carbocycles. The maximum atomic E-state index is 12.3. The van der Waals surface area contributed by atoms with Crippen LogP contribution in [0.2, 0.25) is 10.0 Å². The van der Waals surface area contributed by atoms with E-state index in [0.29, 0.717) is 35.1 Å². The lowest BCUT2D eigenvalue weighted by atomic mass is 9.37. The van der Waals surface area contributed by atoms with Gasteiger partial charge < -0.3 is 29.6 Å². The van der Waals surface area contributed by atoms with Crippen LogP contribution in [-0.4, -0.2) is 52.7 Å². The van der Waals surface area contributed by atoms with Crippen molar-refractivity contribution < 1.29 is 19.1 Å². The third-order valence-electron chi connectivity index (χ3n) is 17.9. The number of hydrogen-bond acceptors (Lipinski definition) is 10. The summed E-state index contributed by atoms with van der Waals surface area (Å²) in [7, 11) is 4.80. The number of fused-ring (bicyclic) bond motifs is 1. The molecule has 4 atom stereocenters. The highest BCUT2D eigenvalue weighted by Gasteiger charge is 2.63. The van der Waals surface area contributed by atoms with Crippen LogP contribution in [0.25, 0.3) is 0 Å². The van der Waals surface area contributed by atoms with Crippen LogP contribution in [0.4, 0.5) is 34.5 Å². The molecule has 0 saturated heterocycles. The number of nitrogens with one attached hydrogen (secondary N) is 2. The zero-order valence-corrected chi connectivity index (χ0v) is 41.4. The first-order chi connectivity index (χ1) is 34.0. The van der Waals surface area contributed by atoms with Gasteiger partial charge in [-0.3, -0.25) is 0 Å². The average Bonchev–Trinajstić information content (AvgIpc) is 3.81. The van der Waals surface area contributed by atoms with Crippen LogP contribution in [0.3, 0.4) is 0 Å². The zero-order chi connectivity index (χ0) is 47.9. The summed E-state index contributed by atoms with van der Waals surface area (Å²) in [6, 6.07) is 28.8. The average molecular weight is 977 g/mol. The molecule has 3 aromatic heterocycles. The van der Waals surface area contributed by atoms with E-state index in [0.717, 1.165) is 80.0 Å². The largest absolute Gasteiger partial charge is 0.465 e. The van der Waals surface area contributed by atoms with E-state index in [-0.39, 0.29) is 10.8 Å². The highest BCUT2D eigenvalue weighted by Crippen LogP contribution is 2.71. The molecule has 70 heavy (non-hydrogen) atoms. The Morgan fingerprint density at radius 1 is 0.671 bits per heavy atom. The fourth-order valence-corrected chi connectivity index (χ4v) is 16.2. The monoisotopic (exact) mass is 975 g/mol. The number of rotatable bonds is 13. The molecule has 8 saturated carbocycles. The van der Waals surface area contributed by atoms with Gasteiger partial charge >= 0.3 is 11.9 Å². The van der Waals surface area contributed by atoms with E-state index in [1.54, 1.807) is 43.0 Å². The Hall–Kier alpha value is -5.91. The quantitative estimate of drug-likeness (QED) is 0.108. The molecule has 8 aliphatic rings. The minimum Gasteiger partial charge on any atom is -0.465 e. The van der Waals surface area contributed by atoms with E-state index in [2.05, 4.69) is 86.1 Å². The van der Waals surface area contributed by atoms with Gasteiger partial charge in [0.1, 0.15) is 28.6 Å². The van der Waals surface area contributed by atoms with E-state index in [4.69, 9.17) is 32.7 Å². The number of carbonyl (C=O) groups excluding carboxylic acids is 2. The first-order valence-corrected chi connectivity index (χ1v) is 25.8. The SMILES string of the molecule is COC(=O)c1cccnc1Nc1ccc(N(C)c2ccc(C34CC5CC(C3)C(C3C6CC7CC3CC(c3ccc(Cn8cnc(Nc9ncccc9C(=O)OC)c8)c(Cl)c3)(C7)C6)C(C5)C4)cc2Cl)cc1. The van der Waals surface area contributed by atoms with Crippen LogP contribution >= 0.6 is 23.2 Å². The van der Waals surface area contributed by atoms with Crippen LogP contribution in [0, 0.1) is 47.3 Å². The van der Waals surface area contributed by atoms with Crippen LogP contribution in [0.1, 0.15) is 102 Å². The standard InChI is InChI=1S/C57H59Cl2N7O4/c1-65(43-13-11-42(12-14-43)63-52-44(54(67)69-2)6-4-16-60-52)48-15-10-41(23-47(48)59)57-25-34-20-38(28-57)51(39(21-34)29-57)50-36-18-33-19-37(50)27-56(24-33,26-36)40-9-8-35(46(58)22-40)30-66-31-49(62-32-66)64-53-45(55(68)70-3)7-5-17-61-53/h4-17,22-23,31-34,36-39,50-51H,18-21,24-30H2,1-3H3,(H,60,63)(H,61,64). The number of esters is 2. The third kappa shape index (κ3) is 7.92. The second-order valence-electron chi connectivity index (χ2n) is 21.7. The number of halogens is 2. The summed E-state index contributed by atoms with van der Waals surface area (Å²) in [5, 5.41) is 8.06. The Bertz CT molecular complexity index is 2960. The van der Waals surface area contributed by atoms with Crippen molar-refractivity contribution in [3.05, 3.63) is 148 Å². The minimum atomic E-state index is -0.454. The maximum absolute atomic E-state index is 12.3. The summed E-state index contributed by atoms with van der Waals surface area (Å²) in [5.41, 5.74) is 7.94. The first kappa shape index (κ1) is 45.2. The van der Waals surface area contributed by atoms with E-state index in [1.807, 2.05) is 22.9 Å². The van der Waals surface area contributed by atoms with Gasteiger partial charge in [-0.15, -0.1) is 0 Å². The molecule has 8 aliphatic carbocycles.